The van der Waals surface area contributed by atoms with Crippen molar-refractivity contribution in [3.8, 4) is 0 Å². The summed E-state index contributed by atoms with van der Waals surface area (Å²) in [6.07, 6.45) is 2.93. The van der Waals surface area contributed by atoms with Gasteiger partial charge in [0.25, 0.3) is 0 Å². The number of benzene rings is 2. The fraction of sp³-hybridized carbons (Fsp3) is 0.300. The summed E-state index contributed by atoms with van der Waals surface area (Å²) in [7, 11) is 0. The fourth-order valence-corrected chi connectivity index (χ4v) is 3.03. The van der Waals surface area contributed by atoms with Crippen LogP contribution in [0.3, 0.4) is 0 Å². The summed E-state index contributed by atoms with van der Waals surface area (Å²) in [6.45, 7) is 3.33. The maximum atomic E-state index is 13.1. The molecule has 1 amide bonds. The zero-order valence-electron chi connectivity index (χ0n) is 14.3. The molecular weight excluding hydrogens is 317 g/mol. The van der Waals surface area contributed by atoms with Crippen molar-refractivity contribution in [2.45, 2.75) is 25.3 Å². The molecule has 0 aromatic heterocycles. The zero-order chi connectivity index (χ0) is 17.7. The van der Waals surface area contributed by atoms with Crippen LogP contribution in [0, 0.1) is 5.82 Å². The lowest BCUT2D eigenvalue weighted by Gasteiger charge is -2.35. The van der Waals surface area contributed by atoms with E-state index in [0.717, 1.165) is 17.7 Å². The third-order valence-electron chi connectivity index (χ3n) is 4.51. The molecule has 0 fully saturated rings. The van der Waals surface area contributed by atoms with Crippen LogP contribution in [0.2, 0.25) is 0 Å². The quantitative estimate of drug-likeness (QED) is 0.878. The van der Waals surface area contributed by atoms with Gasteiger partial charge >= 0.3 is 0 Å². The van der Waals surface area contributed by atoms with Crippen LogP contribution in [-0.2, 0) is 11.2 Å². The van der Waals surface area contributed by atoms with Crippen LogP contribution in [0.4, 0.5) is 10.1 Å². The van der Waals surface area contributed by atoms with E-state index in [0.29, 0.717) is 19.5 Å². The standard InChI is InChI=1S/C20H22FN3O/c1-20(11-12-23-19(25)13-16-5-3-2-4-6-16)14-22-15-24(20)18-9-7-17(21)8-10-18/h2-10,15H,11-14H2,1H3,(H,23,25). The van der Waals surface area contributed by atoms with Gasteiger partial charge in [0.1, 0.15) is 5.82 Å². The summed E-state index contributed by atoms with van der Waals surface area (Å²) in [5, 5.41) is 2.98. The number of nitrogens with zero attached hydrogens (tertiary/aromatic N) is 2. The highest BCUT2D eigenvalue weighted by molar-refractivity contribution is 5.83. The molecular formula is C20H22FN3O. The van der Waals surface area contributed by atoms with Gasteiger partial charge in [-0.2, -0.15) is 0 Å². The molecule has 0 radical (unpaired) electrons. The highest BCUT2D eigenvalue weighted by Crippen LogP contribution is 2.29. The molecule has 1 aliphatic heterocycles. The number of halogens is 1. The minimum Gasteiger partial charge on any atom is -0.356 e. The zero-order valence-corrected chi connectivity index (χ0v) is 14.3. The van der Waals surface area contributed by atoms with E-state index >= 15 is 0 Å². The Balaban J connectivity index is 1.54. The Morgan fingerprint density at radius 2 is 1.92 bits per heavy atom. The Hall–Kier alpha value is -2.69. The molecule has 2 aromatic rings. The van der Waals surface area contributed by atoms with Crippen molar-refractivity contribution in [1.82, 2.24) is 5.32 Å². The molecule has 1 unspecified atom stereocenters. The molecule has 1 N–H and O–H groups in total. The molecule has 0 bridgehead atoms. The lowest BCUT2D eigenvalue weighted by atomic mass is 9.96. The summed E-state index contributed by atoms with van der Waals surface area (Å²) < 4.78 is 13.1. The van der Waals surface area contributed by atoms with Gasteiger partial charge in [-0.3, -0.25) is 9.79 Å². The van der Waals surface area contributed by atoms with Gasteiger partial charge in [-0.1, -0.05) is 30.3 Å². The molecule has 1 atom stereocenters. The molecule has 1 heterocycles. The third kappa shape index (κ3) is 4.24. The van der Waals surface area contributed by atoms with E-state index in [-0.39, 0.29) is 17.3 Å². The molecule has 130 valence electrons. The summed E-state index contributed by atoms with van der Waals surface area (Å²) >= 11 is 0. The van der Waals surface area contributed by atoms with E-state index in [1.165, 1.54) is 12.1 Å². The normalized spacial score (nSPS) is 19.2. The van der Waals surface area contributed by atoms with E-state index in [2.05, 4.69) is 22.1 Å². The summed E-state index contributed by atoms with van der Waals surface area (Å²) in [5.74, 6) is -0.239. The van der Waals surface area contributed by atoms with Gasteiger partial charge in [0.15, 0.2) is 0 Å². The van der Waals surface area contributed by atoms with Gasteiger partial charge in [-0.25, -0.2) is 4.39 Å². The molecule has 3 rings (SSSR count). The van der Waals surface area contributed by atoms with Gasteiger partial charge in [0.05, 0.1) is 24.8 Å². The minimum atomic E-state index is -0.255. The Kier molecular flexibility index (Phi) is 5.12. The highest BCUT2D eigenvalue weighted by atomic mass is 19.1. The first-order chi connectivity index (χ1) is 12.1. The van der Waals surface area contributed by atoms with E-state index < -0.39 is 0 Å². The molecule has 4 nitrogen and oxygen atoms in total. The van der Waals surface area contributed by atoms with E-state index in [9.17, 15) is 9.18 Å². The predicted octanol–water partition coefficient (Wildman–Crippen LogP) is 3.18. The maximum Gasteiger partial charge on any atom is 0.224 e. The number of nitrogens with one attached hydrogen (secondary N) is 1. The van der Waals surface area contributed by atoms with Crippen molar-refractivity contribution in [2.24, 2.45) is 4.99 Å². The van der Waals surface area contributed by atoms with Crippen LogP contribution in [-0.4, -0.2) is 30.9 Å². The second kappa shape index (κ2) is 7.47. The molecule has 2 aromatic carbocycles. The fourth-order valence-electron chi connectivity index (χ4n) is 3.03. The van der Waals surface area contributed by atoms with Crippen molar-refractivity contribution in [3.63, 3.8) is 0 Å². The van der Waals surface area contributed by atoms with Crippen molar-refractivity contribution in [1.29, 1.82) is 0 Å². The van der Waals surface area contributed by atoms with Gasteiger partial charge in [-0.15, -0.1) is 0 Å². The number of carbonyl (C=O) groups is 1. The van der Waals surface area contributed by atoms with Crippen LogP contribution < -0.4 is 10.2 Å². The Morgan fingerprint density at radius 3 is 2.64 bits per heavy atom. The van der Waals surface area contributed by atoms with E-state index in [1.807, 2.05) is 30.3 Å². The van der Waals surface area contributed by atoms with Gasteiger partial charge in [-0.05, 0) is 43.2 Å². The SMILES string of the molecule is CC1(CCNC(=O)Cc2ccccc2)CN=CN1c1ccc(F)cc1. The average Bonchev–Trinajstić information content (AvgIpc) is 2.98. The Labute approximate surface area is 147 Å². The number of anilines is 1. The molecule has 1 aliphatic rings. The molecule has 25 heavy (non-hydrogen) atoms. The number of carbonyl (C=O) groups excluding carboxylic acids is 1. The van der Waals surface area contributed by atoms with Crippen molar-refractivity contribution < 1.29 is 9.18 Å². The average molecular weight is 339 g/mol. The van der Waals surface area contributed by atoms with Crippen molar-refractivity contribution in [2.75, 3.05) is 18.0 Å². The second-order valence-electron chi connectivity index (χ2n) is 6.56. The monoisotopic (exact) mass is 339 g/mol. The topological polar surface area (TPSA) is 44.7 Å². The summed E-state index contributed by atoms with van der Waals surface area (Å²) in [5.41, 5.74) is 1.68. The lowest BCUT2D eigenvalue weighted by molar-refractivity contribution is -0.120. The van der Waals surface area contributed by atoms with Crippen LogP contribution in [0.5, 0.6) is 0 Å². The maximum absolute atomic E-state index is 13.1. The number of amides is 1. The lowest BCUT2D eigenvalue weighted by Crippen LogP contribution is -2.46. The van der Waals surface area contributed by atoms with Crippen LogP contribution in [0.25, 0.3) is 0 Å². The minimum absolute atomic E-state index is 0.0158. The third-order valence-corrected chi connectivity index (χ3v) is 4.51. The van der Waals surface area contributed by atoms with E-state index in [1.54, 1.807) is 18.5 Å². The highest BCUT2D eigenvalue weighted by Gasteiger charge is 2.34. The molecule has 0 saturated carbocycles. The number of hydrogen-bond acceptors (Lipinski definition) is 3. The molecule has 0 aliphatic carbocycles. The smallest absolute Gasteiger partial charge is 0.224 e. The van der Waals surface area contributed by atoms with Gasteiger partial charge in [0.2, 0.25) is 5.91 Å². The Bertz CT molecular complexity index is 745. The van der Waals surface area contributed by atoms with Crippen LogP contribution in [0.1, 0.15) is 18.9 Å². The second-order valence-corrected chi connectivity index (χ2v) is 6.56. The summed E-state index contributed by atoms with van der Waals surface area (Å²) in [4.78, 5) is 18.5. The predicted molar refractivity (Wildman–Crippen MR) is 98.4 cm³/mol. The molecule has 0 saturated heterocycles. The number of aliphatic imine (C=N–C) groups is 1. The first kappa shape index (κ1) is 17.1. The van der Waals surface area contributed by atoms with E-state index in [4.69, 9.17) is 0 Å². The van der Waals surface area contributed by atoms with Gasteiger partial charge in [0, 0.05) is 12.2 Å². The van der Waals surface area contributed by atoms with Crippen LogP contribution in [0.15, 0.2) is 59.6 Å². The number of hydrogen-bond donors (Lipinski definition) is 1. The van der Waals surface area contributed by atoms with Crippen LogP contribution >= 0.6 is 0 Å². The first-order valence-corrected chi connectivity index (χ1v) is 8.42. The van der Waals surface area contributed by atoms with Crippen molar-refractivity contribution >= 4 is 17.9 Å². The summed E-state index contributed by atoms with van der Waals surface area (Å²) in [6, 6.07) is 16.1. The molecule has 5 heteroatoms. The molecule has 0 spiro atoms. The largest absolute Gasteiger partial charge is 0.356 e. The first-order valence-electron chi connectivity index (χ1n) is 8.42. The Morgan fingerprint density at radius 1 is 1.20 bits per heavy atom. The van der Waals surface area contributed by atoms with Gasteiger partial charge < -0.3 is 10.2 Å². The van der Waals surface area contributed by atoms with Crippen molar-refractivity contribution in [3.05, 3.63) is 66.0 Å². The number of rotatable bonds is 6.